The third kappa shape index (κ3) is 6.24. The van der Waals surface area contributed by atoms with E-state index in [0.717, 1.165) is 37.8 Å². The highest BCUT2D eigenvalue weighted by Gasteiger charge is 2.21. The van der Waals surface area contributed by atoms with Gasteiger partial charge in [-0.2, -0.15) is 0 Å². The first-order valence-corrected chi connectivity index (χ1v) is 11.5. The van der Waals surface area contributed by atoms with Crippen molar-refractivity contribution in [2.45, 2.75) is 11.8 Å². The number of rotatable bonds is 6. The second kappa shape index (κ2) is 11.4. The van der Waals surface area contributed by atoms with Crippen LogP contribution in [-0.4, -0.2) is 69.4 Å². The standard InChI is InChI=1S/C21H28N4O3S.HI/c1-2-22-21(23-12-17-29(27,28)18-8-4-3-5-9-18)25-15-13-24(14-16-25)19-10-6-7-11-20(19)26;/h3-11,26H,2,12-17H2,1H3,(H,22,23);1H. The molecule has 2 N–H and O–H groups in total. The summed E-state index contributed by atoms with van der Waals surface area (Å²) in [5.41, 5.74) is 0.836. The Balaban J connectivity index is 0.00000320. The van der Waals surface area contributed by atoms with E-state index in [2.05, 4.69) is 20.1 Å². The summed E-state index contributed by atoms with van der Waals surface area (Å²) in [4.78, 5) is 9.16. The predicted molar refractivity (Wildman–Crippen MR) is 132 cm³/mol. The van der Waals surface area contributed by atoms with Gasteiger partial charge < -0.3 is 20.2 Å². The monoisotopic (exact) mass is 544 g/mol. The van der Waals surface area contributed by atoms with Gasteiger partial charge in [0.25, 0.3) is 0 Å². The number of sulfone groups is 1. The number of nitrogens with zero attached hydrogens (tertiary/aromatic N) is 3. The maximum Gasteiger partial charge on any atom is 0.194 e. The lowest BCUT2D eigenvalue weighted by molar-refractivity contribution is 0.370. The zero-order valence-corrected chi connectivity index (χ0v) is 20.2. The first-order chi connectivity index (χ1) is 14.0. The summed E-state index contributed by atoms with van der Waals surface area (Å²) < 4.78 is 24.9. The molecule has 7 nitrogen and oxygen atoms in total. The molecule has 1 aliphatic rings. The predicted octanol–water partition coefficient (Wildman–Crippen LogP) is 2.57. The number of piperazine rings is 1. The molecule has 0 amide bonds. The molecule has 30 heavy (non-hydrogen) atoms. The second-order valence-electron chi connectivity index (χ2n) is 6.83. The van der Waals surface area contributed by atoms with Gasteiger partial charge >= 0.3 is 0 Å². The molecular formula is C21H29IN4O3S. The van der Waals surface area contributed by atoms with Crippen LogP contribution in [0.15, 0.2) is 64.5 Å². The molecule has 2 aromatic rings. The topological polar surface area (TPSA) is 85.2 Å². The van der Waals surface area contributed by atoms with Crippen molar-refractivity contribution in [3.05, 3.63) is 54.6 Å². The van der Waals surface area contributed by atoms with Crippen molar-refractivity contribution in [1.82, 2.24) is 10.2 Å². The zero-order valence-electron chi connectivity index (χ0n) is 17.1. The van der Waals surface area contributed by atoms with Gasteiger partial charge in [0.05, 0.1) is 22.9 Å². The molecule has 0 bridgehead atoms. The van der Waals surface area contributed by atoms with Crippen LogP contribution in [0.2, 0.25) is 0 Å². The van der Waals surface area contributed by atoms with Gasteiger partial charge in [-0.1, -0.05) is 30.3 Å². The Morgan fingerprint density at radius 3 is 2.30 bits per heavy atom. The lowest BCUT2D eigenvalue weighted by Crippen LogP contribution is -2.52. The van der Waals surface area contributed by atoms with E-state index in [4.69, 9.17) is 0 Å². The van der Waals surface area contributed by atoms with Gasteiger partial charge in [0, 0.05) is 32.7 Å². The number of benzene rings is 2. The van der Waals surface area contributed by atoms with Crippen LogP contribution < -0.4 is 10.2 Å². The summed E-state index contributed by atoms with van der Waals surface area (Å²) in [6.07, 6.45) is 0. The normalized spacial score (nSPS) is 14.9. The number of halogens is 1. The smallest absolute Gasteiger partial charge is 0.194 e. The molecule has 1 aliphatic heterocycles. The van der Waals surface area contributed by atoms with Crippen molar-refractivity contribution in [1.29, 1.82) is 0 Å². The van der Waals surface area contributed by atoms with Crippen molar-refractivity contribution < 1.29 is 13.5 Å². The highest BCUT2D eigenvalue weighted by molar-refractivity contribution is 14.0. The van der Waals surface area contributed by atoms with Crippen LogP contribution in [0.3, 0.4) is 0 Å². The van der Waals surface area contributed by atoms with Crippen LogP contribution in [0.1, 0.15) is 6.92 Å². The molecule has 1 saturated heterocycles. The Morgan fingerprint density at radius 2 is 1.67 bits per heavy atom. The average Bonchev–Trinajstić information content (AvgIpc) is 2.74. The molecule has 2 aromatic carbocycles. The Kier molecular flexibility index (Phi) is 9.22. The first kappa shape index (κ1) is 24.3. The molecule has 9 heteroatoms. The number of aliphatic imine (C=N–C) groups is 1. The van der Waals surface area contributed by atoms with Crippen LogP contribution >= 0.6 is 24.0 Å². The number of phenolic OH excluding ortho intramolecular Hbond substituents is 1. The van der Waals surface area contributed by atoms with Crippen LogP contribution in [0.25, 0.3) is 0 Å². The molecule has 3 rings (SSSR count). The number of hydrogen-bond donors (Lipinski definition) is 2. The molecule has 1 fully saturated rings. The second-order valence-corrected chi connectivity index (χ2v) is 8.94. The quantitative estimate of drug-likeness (QED) is 0.331. The minimum atomic E-state index is -3.34. The maximum atomic E-state index is 12.4. The van der Waals surface area contributed by atoms with Gasteiger partial charge in [0.15, 0.2) is 15.8 Å². The lowest BCUT2D eigenvalue weighted by Gasteiger charge is -2.37. The molecule has 0 unspecified atom stereocenters. The Morgan fingerprint density at radius 1 is 1.03 bits per heavy atom. The van der Waals surface area contributed by atoms with Gasteiger partial charge in [0.2, 0.25) is 0 Å². The van der Waals surface area contributed by atoms with Crippen LogP contribution in [0, 0.1) is 0 Å². The van der Waals surface area contributed by atoms with Crippen LogP contribution in [0.4, 0.5) is 5.69 Å². The third-order valence-electron chi connectivity index (χ3n) is 4.86. The lowest BCUT2D eigenvalue weighted by atomic mass is 10.2. The largest absolute Gasteiger partial charge is 0.506 e. The summed E-state index contributed by atoms with van der Waals surface area (Å²) >= 11 is 0. The number of para-hydroxylation sites is 2. The van der Waals surface area contributed by atoms with Gasteiger partial charge in [-0.3, -0.25) is 4.99 Å². The number of nitrogens with one attached hydrogen (secondary N) is 1. The van der Waals surface area contributed by atoms with Crippen molar-refractivity contribution in [2.75, 3.05) is 49.9 Å². The summed E-state index contributed by atoms with van der Waals surface area (Å²) in [7, 11) is -3.34. The fourth-order valence-corrected chi connectivity index (χ4v) is 4.47. The molecule has 0 spiro atoms. The summed E-state index contributed by atoms with van der Waals surface area (Å²) in [6.45, 7) is 5.91. The van der Waals surface area contributed by atoms with Gasteiger partial charge in [-0.15, -0.1) is 24.0 Å². The van der Waals surface area contributed by atoms with E-state index in [1.807, 2.05) is 25.1 Å². The van der Waals surface area contributed by atoms with Crippen molar-refractivity contribution >= 4 is 45.5 Å². The summed E-state index contributed by atoms with van der Waals surface area (Å²) in [5.74, 6) is 0.990. The zero-order chi connectivity index (χ0) is 20.7. The van der Waals surface area contributed by atoms with Gasteiger partial charge in [-0.05, 0) is 31.2 Å². The average molecular weight is 544 g/mol. The van der Waals surface area contributed by atoms with E-state index in [1.54, 1.807) is 36.4 Å². The molecule has 0 aromatic heterocycles. The third-order valence-corrected chi connectivity index (χ3v) is 6.57. The Hall–Kier alpha value is -2.01. The molecular weight excluding hydrogens is 515 g/mol. The van der Waals surface area contributed by atoms with E-state index in [-0.39, 0.29) is 42.0 Å². The fraction of sp³-hybridized carbons (Fsp3) is 0.381. The molecule has 0 radical (unpaired) electrons. The number of hydrogen-bond acceptors (Lipinski definition) is 5. The van der Waals surface area contributed by atoms with E-state index >= 15 is 0 Å². The van der Waals surface area contributed by atoms with Crippen molar-refractivity contribution in [3.8, 4) is 5.75 Å². The molecule has 0 saturated carbocycles. The number of phenols is 1. The van der Waals surface area contributed by atoms with E-state index in [1.165, 1.54) is 0 Å². The summed E-state index contributed by atoms with van der Waals surface area (Å²) in [5, 5.41) is 13.3. The van der Waals surface area contributed by atoms with Gasteiger partial charge in [-0.25, -0.2) is 8.42 Å². The minimum Gasteiger partial charge on any atom is -0.506 e. The molecule has 1 heterocycles. The number of anilines is 1. The molecule has 0 aliphatic carbocycles. The van der Waals surface area contributed by atoms with Crippen LogP contribution in [0.5, 0.6) is 5.75 Å². The van der Waals surface area contributed by atoms with Crippen molar-refractivity contribution in [3.63, 3.8) is 0 Å². The molecule has 0 atom stereocenters. The Bertz CT molecular complexity index is 930. The summed E-state index contributed by atoms with van der Waals surface area (Å²) in [6, 6.07) is 15.8. The highest BCUT2D eigenvalue weighted by Crippen LogP contribution is 2.27. The van der Waals surface area contributed by atoms with E-state index < -0.39 is 9.84 Å². The van der Waals surface area contributed by atoms with Gasteiger partial charge in [0.1, 0.15) is 5.75 Å². The molecule has 164 valence electrons. The highest BCUT2D eigenvalue weighted by atomic mass is 127. The number of aromatic hydroxyl groups is 1. The minimum absolute atomic E-state index is 0. The van der Waals surface area contributed by atoms with E-state index in [9.17, 15) is 13.5 Å². The van der Waals surface area contributed by atoms with Crippen molar-refractivity contribution in [2.24, 2.45) is 4.99 Å². The fourth-order valence-electron chi connectivity index (χ4n) is 3.33. The number of guanidine groups is 1. The van der Waals surface area contributed by atoms with E-state index in [0.29, 0.717) is 11.4 Å². The Labute approximate surface area is 195 Å². The van der Waals surface area contributed by atoms with Crippen LogP contribution in [-0.2, 0) is 9.84 Å². The maximum absolute atomic E-state index is 12.4. The SMILES string of the molecule is CCNC(=NCCS(=O)(=O)c1ccccc1)N1CCN(c2ccccc2O)CC1.I. The first-order valence-electron chi connectivity index (χ1n) is 9.85.